The number of imidazole rings is 1. The van der Waals surface area contributed by atoms with E-state index in [4.69, 9.17) is 5.41 Å². The SMILES string of the molecule is CCCC(=CC=N)C(=O)N1CCN(C(=O)c2cn3nc(-c4ccc(C(F)(F)F)c(F)c4)cc(C(C)C)c3n2)C(C)(C)C1. The van der Waals surface area contributed by atoms with Gasteiger partial charge in [-0.25, -0.2) is 13.9 Å². The summed E-state index contributed by atoms with van der Waals surface area (Å²) in [5.41, 5.74) is 0.106. The average Bonchev–Trinajstić information content (AvgIpc) is 3.34. The molecule has 2 aromatic heterocycles. The van der Waals surface area contributed by atoms with Gasteiger partial charge in [0, 0.05) is 42.5 Å². The van der Waals surface area contributed by atoms with Crippen LogP contribution in [0.25, 0.3) is 16.9 Å². The molecule has 4 rings (SSSR count). The number of allylic oxidation sites excluding steroid dienone is 1. The monoisotopic (exact) mass is 586 g/mol. The largest absolute Gasteiger partial charge is 0.419 e. The van der Waals surface area contributed by atoms with E-state index >= 15 is 0 Å². The Bertz CT molecular complexity index is 1560. The number of nitrogens with zero attached hydrogens (tertiary/aromatic N) is 5. The lowest BCUT2D eigenvalue weighted by molar-refractivity contribution is -0.140. The van der Waals surface area contributed by atoms with Crippen molar-refractivity contribution in [2.75, 3.05) is 19.6 Å². The van der Waals surface area contributed by atoms with Crippen molar-refractivity contribution in [3.63, 3.8) is 0 Å². The lowest BCUT2D eigenvalue weighted by atomic mass is 9.97. The molecule has 0 atom stereocenters. The number of aromatic nitrogens is 3. The molecule has 1 aliphatic rings. The van der Waals surface area contributed by atoms with Gasteiger partial charge in [0.25, 0.3) is 5.91 Å². The van der Waals surface area contributed by atoms with Gasteiger partial charge in [-0.3, -0.25) is 9.59 Å². The van der Waals surface area contributed by atoms with Crippen LogP contribution < -0.4 is 0 Å². The molecule has 42 heavy (non-hydrogen) atoms. The Morgan fingerprint density at radius 3 is 2.45 bits per heavy atom. The standard InChI is InChI=1S/C30H34F4N6O2/c1-6-7-19(10-11-35)27(41)38-12-13-39(29(4,5)17-38)28(42)25-16-40-26(36-25)21(18(2)3)15-24(37-40)20-8-9-22(23(31)14-20)30(32,33)34/h8-11,14-16,18,35H,6-7,12-13,17H2,1-5H3. The molecular weight excluding hydrogens is 552 g/mol. The topological polar surface area (TPSA) is 94.7 Å². The zero-order chi connectivity index (χ0) is 31.0. The van der Waals surface area contributed by atoms with Gasteiger partial charge in [-0.05, 0) is 50.5 Å². The first-order valence-corrected chi connectivity index (χ1v) is 13.8. The number of nitrogens with one attached hydrogen (secondary N) is 1. The van der Waals surface area contributed by atoms with Crippen LogP contribution in [0.3, 0.4) is 0 Å². The van der Waals surface area contributed by atoms with Crippen molar-refractivity contribution in [3.8, 4) is 11.3 Å². The number of hydrogen-bond acceptors (Lipinski definition) is 5. The highest BCUT2D eigenvalue weighted by molar-refractivity contribution is 5.97. The lowest BCUT2D eigenvalue weighted by Gasteiger charge is -2.47. The molecule has 1 aliphatic heterocycles. The Morgan fingerprint density at radius 1 is 1.17 bits per heavy atom. The van der Waals surface area contributed by atoms with Crippen LogP contribution >= 0.6 is 0 Å². The predicted molar refractivity (Wildman–Crippen MR) is 151 cm³/mol. The van der Waals surface area contributed by atoms with Crippen LogP contribution in [-0.2, 0) is 11.0 Å². The van der Waals surface area contributed by atoms with E-state index in [1.807, 2.05) is 34.6 Å². The summed E-state index contributed by atoms with van der Waals surface area (Å²) in [5, 5.41) is 11.8. The Balaban J connectivity index is 1.65. The van der Waals surface area contributed by atoms with E-state index in [0.29, 0.717) is 42.4 Å². The lowest BCUT2D eigenvalue weighted by Crippen LogP contribution is -2.62. The third kappa shape index (κ3) is 6.07. The Kier molecular flexibility index (Phi) is 8.56. The van der Waals surface area contributed by atoms with Crippen LogP contribution in [0, 0.1) is 11.2 Å². The summed E-state index contributed by atoms with van der Waals surface area (Å²) < 4.78 is 55.0. The van der Waals surface area contributed by atoms with Crippen molar-refractivity contribution in [2.24, 2.45) is 0 Å². The molecule has 8 nitrogen and oxygen atoms in total. The minimum absolute atomic E-state index is 0.0868. The van der Waals surface area contributed by atoms with E-state index in [1.54, 1.807) is 15.9 Å². The highest BCUT2D eigenvalue weighted by Gasteiger charge is 2.40. The number of halogens is 4. The minimum Gasteiger partial charge on any atom is -0.335 e. The second-order valence-corrected chi connectivity index (χ2v) is 11.3. The zero-order valence-corrected chi connectivity index (χ0v) is 24.2. The third-order valence-electron chi connectivity index (χ3n) is 7.38. The summed E-state index contributed by atoms with van der Waals surface area (Å²) in [4.78, 5) is 34.8. The zero-order valence-electron chi connectivity index (χ0n) is 24.2. The summed E-state index contributed by atoms with van der Waals surface area (Å²) in [5.74, 6) is -1.98. The maximum absolute atomic E-state index is 14.3. The fourth-order valence-corrected chi connectivity index (χ4v) is 5.25. The molecule has 0 aliphatic carbocycles. The first-order chi connectivity index (χ1) is 19.7. The summed E-state index contributed by atoms with van der Waals surface area (Å²) in [6, 6.07) is 4.30. The van der Waals surface area contributed by atoms with Gasteiger partial charge in [0.1, 0.15) is 11.5 Å². The maximum Gasteiger partial charge on any atom is 0.419 e. The number of piperazine rings is 1. The van der Waals surface area contributed by atoms with Gasteiger partial charge < -0.3 is 15.2 Å². The average molecular weight is 587 g/mol. The van der Waals surface area contributed by atoms with Gasteiger partial charge in [0.2, 0.25) is 5.91 Å². The van der Waals surface area contributed by atoms with Crippen molar-refractivity contribution in [1.82, 2.24) is 24.4 Å². The molecule has 0 radical (unpaired) electrons. The highest BCUT2D eigenvalue weighted by Crippen LogP contribution is 2.34. The molecule has 224 valence electrons. The number of hydrogen-bond donors (Lipinski definition) is 1. The molecule has 1 aromatic carbocycles. The Hall–Kier alpha value is -4.09. The highest BCUT2D eigenvalue weighted by atomic mass is 19.4. The molecule has 2 amide bonds. The van der Waals surface area contributed by atoms with Gasteiger partial charge in [-0.1, -0.05) is 33.3 Å². The maximum atomic E-state index is 14.3. The summed E-state index contributed by atoms with van der Waals surface area (Å²) in [6.45, 7) is 10.4. The minimum atomic E-state index is -4.82. The van der Waals surface area contributed by atoms with Crippen molar-refractivity contribution < 1.29 is 27.2 Å². The van der Waals surface area contributed by atoms with E-state index in [1.165, 1.54) is 22.9 Å². The van der Waals surface area contributed by atoms with Gasteiger partial charge in [-0.2, -0.15) is 18.3 Å². The molecule has 1 N–H and O–H groups in total. The van der Waals surface area contributed by atoms with Gasteiger partial charge in [-0.15, -0.1) is 0 Å². The van der Waals surface area contributed by atoms with E-state index < -0.39 is 23.1 Å². The molecule has 0 saturated carbocycles. The van der Waals surface area contributed by atoms with Crippen LogP contribution in [0.4, 0.5) is 17.6 Å². The van der Waals surface area contributed by atoms with E-state index in [9.17, 15) is 27.2 Å². The number of carbonyl (C=O) groups is 2. The Labute approximate surface area is 241 Å². The molecular formula is C30H34F4N6O2. The molecule has 3 aromatic rings. The first kappa shape index (κ1) is 30.9. The normalized spacial score (nSPS) is 15.9. The molecule has 1 fully saturated rings. The summed E-state index contributed by atoms with van der Waals surface area (Å²) >= 11 is 0. The molecule has 12 heteroatoms. The summed E-state index contributed by atoms with van der Waals surface area (Å²) in [6.07, 6.45) is 0.595. The molecule has 0 bridgehead atoms. The smallest absolute Gasteiger partial charge is 0.335 e. The number of benzene rings is 1. The second-order valence-electron chi connectivity index (χ2n) is 11.3. The van der Waals surface area contributed by atoms with E-state index in [-0.39, 0.29) is 41.2 Å². The number of rotatable bonds is 7. The number of amides is 2. The van der Waals surface area contributed by atoms with Crippen LogP contribution in [-0.4, -0.2) is 67.6 Å². The van der Waals surface area contributed by atoms with Crippen molar-refractivity contribution in [2.45, 2.75) is 65.1 Å². The fraction of sp³-hybridized carbons (Fsp3) is 0.433. The Morgan fingerprint density at radius 2 is 1.88 bits per heavy atom. The van der Waals surface area contributed by atoms with Crippen LogP contribution in [0.15, 0.2) is 42.1 Å². The van der Waals surface area contributed by atoms with Crippen LogP contribution in [0.1, 0.15) is 75.0 Å². The van der Waals surface area contributed by atoms with Crippen molar-refractivity contribution in [1.29, 1.82) is 5.41 Å². The number of carbonyl (C=O) groups excluding carboxylic acids is 2. The first-order valence-electron chi connectivity index (χ1n) is 13.8. The molecule has 0 unspecified atom stereocenters. The van der Waals surface area contributed by atoms with Crippen molar-refractivity contribution in [3.05, 3.63) is 64.7 Å². The molecule has 0 spiro atoms. The number of fused-ring (bicyclic) bond motifs is 1. The molecule has 1 saturated heterocycles. The third-order valence-corrected chi connectivity index (χ3v) is 7.38. The molecule has 3 heterocycles. The van der Waals surface area contributed by atoms with Crippen LogP contribution in [0.2, 0.25) is 0 Å². The predicted octanol–water partition coefficient (Wildman–Crippen LogP) is 6.12. The fourth-order valence-electron chi connectivity index (χ4n) is 5.25. The van der Waals surface area contributed by atoms with Gasteiger partial charge in [0.05, 0.1) is 23.0 Å². The second kappa shape index (κ2) is 11.7. The quantitative estimate of drug-likeness (QED) is 0.205. The van der Waals surface area contributed by atoms with E-state index in [2.05, 4.69) is 10.1 Å². The van der Waals surface area contributed by atoms with Crippen LogP contribution in [0.5, 0.6) is 0 Å². The van der Waals surface area contributed by atoms with Crippen molar-refractivity contribution >= 4 is 23.7 Å². The van der Waals surface area contributed by atoms with E-state index in [0.717, 1.165) is 18.7 Å². The van der Waals surface area contributed by atoms with Gasteiger partial charge >= 0.3 is 6.18 Å². The number of alkyl halides is 3. The summed E-state index contributed by atoms with van der Waals surface area (Å²) in [7, 11) is 0. The van der Waals surface area contributed by atoms with Gasteiger partial charge in [0.15, 0.2) is 5.65 Å².